The summed E-state index contributed by atoms with van der Waals surface area (Å²) in [6.07, 6.45) is 0. The second-order valence-corrected chi connectivity index (χ2v) is 14.3. The second-order valence-electron chi connectivity index (χ2n) is 14.3. The van der Waals surface area contributed by atoms with E-state index in [1.807, 2.05) is 0 Å². The summed E-state index contributed by atoms with van der Waals surface area (Å²) in [5.41, 5.74) is 11.4. The molecule has 0 spiro atoms. The van der Waals surface area contributed by atoms with Crippen molar-refractivity contribution in [2.45, 2.75) is 0 Å². The van der Waals surface area contributed by atoms with E-state index in [4.69, 9.17) is 4.98 Å². The highest BCUT2D eigenvalue weighted by Gasteiger charge is 2.15. The monoisotopic (exact) mass is 698 g/mol. The van der Waals surface area contributed by atoms with Gasteiger partial charge in [-0.1, -0.05) is 152 Å². The first kappa shape index (κ1) is 31.3. The van der Waals surface area contributed by atoms with Gasteiger partial charge in [0.25, 0.3) is 0 Å². The van der Waals surface area contributed by atoms with Crippen LogP contribution in [0.5, 0.6) is 0 Å². The molecule has 256 valence electrons. The Balaban J connectivity index is 1.06. The van der Waals surface area contributed by atoms with E-state index in [-0.39, 0.29) is 0 Å². The quantitative estimate of drug-likeness (QED) is 0.164. The number of para-hydroxylation sites is 2. The number of fused-ring (bicyclic) bond motifs is 9. The van der Waals surface area contributed by atoms with Crippen LogP contribution in [-0.4, -0.2) is 9.55 Å². The van der Waals surface area contributed by atoms with E-state index in [0.29, 0.717) is 0 Å². The summed E-state index contributed by atoms with van der Waals surface area (Å²) >= 11 is 0. The fourth-order valence-corrected chi connectivity index (χ4v) is 8.58. The molecule has 0 radical (unpaired) electrons. The molecular weight excluding hydrogens is 665 g/mol. The molecule has 2 aromatic heterocycles. The van der Waals surface area contributed by atoms with Crippen molar-refractivity contribution in [3.63, 3.8) is 0 Å². The van der Waals surface area contributed by atoms with E-state index >= 15 is 0 Å². The van der Waals surface area contributed by atoms with Crippen molar-refractivity contribution in [2.24, 2.45) is 0 Å². The summed E-state index contributed by atoms with van der Waals surface area (Å²) in [5, 5.41) is 10.2. The second kappa shape index (κ2) is 12.7. The highest BCUT2D eigenvalue weighted by atomic mass is 15.1. The van der Waals surface area contributed by atoms with Crippen LogP contribution < -0.4 is 0 Å². The van der Waals surface area contributed by atoms with Crippen LogP contribution in [0, 0.1) is 0 Å². The van der Waals surface area contributed by atoms with Gasteiger partial charge in [-0.05, 0) is 120 Å². The largest absolute Gasteiger partial charge is 0.294 e. The lowest BCUT2D eigenvalue weighted by Crippen LogP contribution is -1.98. The van der Waals surface area contributed by atoms with Crippen LogP contribution in [0.25, 0.3) is 105 Å². The first-order valence-corrected chi connectivity index (χ1v) is 18.9. The van der Waals surface area contributed by atoms with E-state index in [1.165, 1.54) is 65.3 Å². The van der Waals surface area contributed by atoms with Crippen LogP contribution in [-0.2, 0) is 0 Å². The smallest absolute Gasteiger partial charge is 0.138 e. The number of benzene rings is 9. The molecule has 0 unspecified atom stereocenters. The van der Waals surface area contributed by atoms with Gasteiger partial charge in [0, 0.05) is 16.3 Å². The number of pyridine rings is 1. The average Bonchev–Trinajstić information content (AvgIpc) is 3.61. The van der Waals surface area contributed by atoms with E-state index in [1.54, 1.807) is 0 Å². The molecule has 11 rings (SSSR count). The molecule has 0 saturated carbocycles. The Bertz CT molecular complexity index is 3170. The molecule has 2 heteroatoms. The molecule has 2 heterocycles. The van der Waals surface area contributed by atoms with Crippen LogP contribution in [0.1, 0.15) is 0 Å². The zero-order valence-corrected chi connectivity index (χ0v) is 30.0. The zero-order valence-electron chi connectivity index (χ0n) is 30.0. The molecule has 55 heavy (non-hydrogen) atoms. The van der Waals surface area contributed by atoms with Gasteiger partial charge in [0.1, 0.15) is 5.82 Å². The van der Waals surface area contributed by atoms with Crippen molar-refractivity contribution in [2.75, 3.05) is 0 Å². The van der Waals surface area contributed by atoms with Gasteiger partial charge in [-0.15, -0.1) is 0 Å². The highest BCUT2D eigenvalue weighted by molar-refractivity contribution is 6.25. The van der Waals surface area contributed by atoms with Crippen LogP contribution in [0.15, 0.2) is 206 Å². The van der Waals surface area contributed by atoms with Gasteiger partial charge in [0.05, 0.1) is 16.7 Å². The fraction of sp³-hybridized carbons (Fsp3) is 0. The zero-order chi connectivity index (χ0) is 36.3. The molecule has 0 N–H and O–H groups in total. The van der Waals surface area contributed by atoms with Gasteiger partial charge in [-0.2, -0.15) is 0 Å². The molecule has 0 bridgehead atoms. The number of hydrogen-bond acceptors (Lipinski definition) is 1. The average molecular weight is 699 g/mol. The van der Waals surface area contributed by atoms with E-state index in [9.17, 15) is 0 Å². The Kier molecular flexibility index (Phi) is 7.21. The number of nitrogens with zero attached hydrogens (tertiary/aromatic N) is 2. The van der Waals surface area contributed by atoms with Crippen LogP contribution in [0.2, 0.25) is 0 Å². The maximum atomic E-state index is 5.36. The Morgan fingerprint density at radius 1 is 0.255 bits per heavy atom. The third-order valence-corrected chi connectivity index (χ3v) is 11.2. The SMILES string of the molecule is c1ccc(-c2cc(-c3cccc(-c4ccc5c6ccccc6c6ccccc6c5c4)c3)cc(-c3cccc(-n4c5ccccc5c5ccccc54)n3)c2)cc1. The van der Waals surface area contributed by atoms with Crippen LogP contribution in [0.3, 0.4) is 0 Å². The first-order valence-electron chi connectivity index (χ1n) is 18.9. The topological polar surface area (TPSA) is 17.8 Å². The Hall–Kier alpha value is -7.29. The van der Waals surface area contributed by atoms with Gasteiger partial charge in [0.15, 0.2) is 0 Å². The Morgan fingerprint density at radius 3 is 1.35 bits per heavy atom. The molecule has 0 atom stereocenters. The van der Waals surface area contributed by atoms with Crippen molar-refractivity contribution in [1.82, 2.24) is 9.55 Å². The van der Waals surface area contributed by atoms with Crippen LogP contribution in [0.4, 0.5) is 0 Å². The Labute approximate surface area is 319 Å². The third-order valence-electron chi connectivity index (χ3n) is 11.2. The van der Waals surface area contributed by atoms with Crippen molar-refractivity contribution < 1.29 is 0 Å². The summed E-state index contributed by atoms with van der Waals surface area (Å²) in [6, 6.07) is 74.6. The molecule has 0 amide bonds. The van der Waals surface area contributed by atoms with Crippen molar-refractivity contribution in [3.8, 4) is 50.5 Å². The summed E-state index contributed by atoms with van der Waals surface area (Å²) in [6.45, 7) is 0. The molecule has 2 nitrogen and oxygen atoms in total. The normalized spacial score (nSPS) is 11.6. The standard InChI is InChI=1S/C53H34N2/c1-2-14-35(15-3-1)39-31-40(33-41(32-39)50-24-13-27-53(54-50)55-51-25-10-8-22-47(51)48-23-9-11-26-52(48)55)37-17-12-16-36(30-37)38-28-29-46-44-20-5-4-18-42(44)43-19-6-7-21-45(43)49(46)34-38/h1-34H. The first-order chi connectivity index (χ1) is 27.3. The minimum absolute atomic E-state index is 0.903. The predicted octanol–water partition coefficient (Wildman–Crippen LogP) is 14.3. The maximum absolute atomic E-state index is 5.36. The van der Waals surface area contributed by atoms with Crippen molar-refractivity contribution in [1.29, 1.82) is 0 Å². The van der Waals surface area contributed by atoms with Crippen molar-refractivity contribution >= 4 is 54.1 Å². The summed E-state index contributed by atoms with van der Waals surface area (Å²) in [4.78, 5) is 5.36. The lowest BCUT2D eigenvalue weighted by molar-refractivity contribution is 1.08. The minimum atomic E-state index is 0.903. The molecule has 9 aromatic carbocycles. The van der Waals surface area contributed by atoms with Gasteiger partial charge in [-0.25, -0.2) is 4.98 Å². The molecule has 0 aliphatic rings. The Morgan fingerprint density at radius 2 is 0.691 bits per heavy atom. The molecule has 11 aromatic rings. The number of aromatic nitrogens is 2. The number of hydrogen-bond donors (Lipinski definition) is 0. The van der Waals surface area contributed by atoms with Gasteiger partial charge < -0.3 is 0 Å². The fourth-order valence-electron chi connectivity index (χ4n) is 8.58. The summed E-state index contributed by atoms with van der Waals surface area (Å²) in [5.74, 6) is 0.903. The summed E-state index contributed by atoms with van der Waals surface area (Å²) < 4.78 is 2.29. The molecule has 0 saturated heterocycles. The van der Waals surface area contributed by atoms with Crippen molar-refractivity contribution in [3.05, 3.63) is 206 Å². The van der Waals surface area contributed by atoms with E-state index < -0.39 is 0 Å². The molecule has 0 aliphatic heterocycles. The van der Waals surface area contributed by atoms with Gasteiger partial charge in [-0.3, -0.25) is 4.57 Å². The lowest BCUT2D eigenvalue weighted by Gasteiger charge is -2.14. The minimum Gasteiger partial charge on any atom is -0.294 e. The van der Waals surface area contributed by atoms with E-state index in [2.05, 4.69) is 211 Å². The van der Waals surface area contributed by atoms with Crippen LogP contribution >= 0.6 is 0 Å². The highest BCUT2D eigenvalue weighted by Crippen LogP contribution is 2.39. The molecular formula is C53H34N2. The predicted molar refractivity (Wildman–Crippen MR) is 233 cm³/mol. The molecule has 0 aliphatic carbocycles. The summed E-state index contributed by atoms with van der Waals surface area (Å²) in [7, 11) is 0. The molecule has 0 fully saturated rings. The van der Waals surface area contributed by atoms with E-state index in [0.717, 1.165) is 39.2 Å². The van der Waals surface area contributed by atoms with Gasteiger partial charge >= 0.3 is 0 Å². The lowest BCUT2D eigenvalue weighted by atomic mass is 9.91. The van der Waals surface area contributed by atoms with Gasteiger partial charge in [0.2, 0.25) is 0 Å². The third kappa shape index (κ3) is 5.22. The maximum Gasteiger partial charge on any atom is 0.138 e. The number of rotatable bonds is 5.